The first-order valence-corrected chi connectivity index (χ1v) is 8.28. The molecule has 0 amide bonds. The first kappa shape index (κ1) is 15.2. The van der Waals surface area contributed by atoms with Crippen LogP contribution in [0.3, 0.4) is 0 Å². The van der Waals surface area contributed by atoms with Crippen molar-refractivity contribution in [2.24, 2.45) is 0 Å². The predicted molar refractivity (Wildman–Crippen MR) is 79.2 cm³/mol. The molecule has 1 saturated carbocycles. The van der Waals surface area contributed by atoms with Gasteiger partial charge in [-0.25, -0.2) is 18.1 Å². The molecule has 0 aliphatic heterocycles. The lowest BCUT2D eigenvalue weighted by Crippen LogP contribution is -2.41. The van der Waals surface area contributed by atoms with Crippen LogP contribution in [0.5, 0.6) is 0 Å². The minimum atomic E-state index is -3.49. The second-order valence-corrected chi connectivity index (χ2v) is 6.99. The van der Waals surface area contributed by atoms with Crippen LogP contribution in [0.1, 0.15) is 19.8 Å². The van der Waals surface area contributed by atoms with Gasteiger partial charge in [-0.3, -0.25) is 4.90 Å². The molecule has 112 valence electrons. The largest absolute Gasteiger partial charge is 0.373 e. The summed E-state index contributed by atoms with van der Waals surface area (Å²) in [7, 11) is 0.296. The van der Waals surface area contributed by atoms with Crippen LogP contribution in [-0.4, -0.2) is 51.0 Å². The van der Waals surface area contributed by atoms with Crippen molar-refractivity contribution in [3.8, 4) is 0 Å². The highest BCUT2D eigenvalue weighted by Gasteiger charge is 2.29. The summed E-state index contributed by atoms with van der Waals surface area (Å²) >= 11 is 0. The van der Waals surface area contributed by atoms with Crippen LogP contribution >= 0.6 is 0 Å². The van der Waals surface area contributed by atoms with Crippen molar-refractivity contribution >= 4 is 15.8 Å². The predicted octanol–water partition coefficient (Wildman–Crippen LogP) is 0.884. The number of aromatic nitrogens is 1. The van der Waals surface area contributed by atoms with Gasteiger partial charge in [0.25, 0.3) is 0 Å². The molecule has 0 spiro atoms. The maximum absolute atomic E-state index is 12.2. The van der Waals surface area contributed by atoms with E-state index in [9.17, 15) is 8.42 Å². The van der Waals surface area contributed by atoms with Gasteiger partial charge in [-0.05, 0) is 38.9 Å². The highest BCUT2D eigenvalue weighted by atomic mass is 32.2. The second kappa shape index (κ2) is 6.07. The third-order valence-corrected chi connectivity index (χ3v) is 5.10. The first-order chi connectivity index (χ1) is 9.44. The van der Waals surface area contributed by atoms with Crippen molar-refractivity contribution in [3.63, 3.8) is 0 Å². The molecule has 1 fully saturated rings. The van der Waals surface area contributed by atoms with Crippen LogP contribution in [0, 0.1) is 0 Å². The lowest BCUT2D eigenvalue weighted by Gasteiger charge is -2.24. The molecule has 1 aromatic rings. The van der Waals surface area contributed by atoms with E-state index in [1.807, 2.05) is 14.0 Å². The van der Waals surface area contributed by atoms with Gasteiger partial charge in [-0.2, -0.15) is 0 Å². The molecular weight excluding hydrogens is 276 g/mol. The van der Waals surface area contributed by atoms with Crippen LogP contribution < -0.4 is 10.0 Å². The van der Waals surface area contributed by atoms with E-state index in [1.54, 1.807) is 19.2 Å². The Morgan fingerprint density at radius 2 is 2.15 bits per heavy atom. The van der Waals surface area contributed by atoms with Crippen molar-refractivity contribution < 1.29 is 8.42 Å². The zero-order chi connectivity index (χ0) is 14.8. The summed E-state index contributed by atoms with van der Waals surface area (Å²) in [6.45, 7) is 2.44. The van der Waals surface area contributed by atoms with Crippen LogP contribution in [0.15, 0.2) is 23.2 Å². The Bertz CT molecular complexity index is 540. The Morgan fingerprint density at radius 1 is 1.45 bits per heavy atom. The summed E-state index contributed by atoms with van der Waals surface area (Å²) in [5, 5.41) is 2.86. The van der Waals surface area contributed by atoms with E-state index in [4.69, 9.17) is 0 Å². The standard InChI is InChI=1S/C13H22N4O2S/c1-10(17(3)11-4-5-11)8-16-20(18,19)12-6-7-13(14-2)15-9-12/h6-7,9-11,16H,4-5,8H2,1-3H3,(H,14,15). The molecule has 1 heterocycles. The fourth-order valence-electron chi connectivity index (χ4n) is 1.99. The number of nitrogens with one attached hydrogen (secondary N) is 2. The molecule has 0 saturated heterocycles. The van der Waals surface area contributed by atoms with E-state index >= 15 is 0 Å². The quantitative estimate of drug-likeness (QED) is 0.782. The van der Waals surface area contributed by atoms with E-state index < -0.39 is 10.0 Å². The van der Waals surface area contributed by atoms with E-state index in [0.29, 0.717) is 18.4 Å². The maximum Gasteiger partial charge on any atom is 0.242 e. The number of nitrogens with zero attached hydrogens (tertiary/aromatic N) is 2. The van der Waals surface area contributed by atoms with Crippen molar-refractivity contribution in [1.82, 2.24) is 14.6 Å². The van der Waals surface area contributed by atoms with Crippen LogP contribution in [0.2, 0.25) is 0 Å². The Kier molecular flexibility index (Phi) is 4.62. The minimum Gasteiger partial charge on any atom is -0.373 e. The van der Waals surface area contributed by atoms with Gasteiger partial charge in [-0.15, -0.1) is 0 Å². The summed E-state index contributed by atoms with van der Waals surface area (Å²) in [5.74, 6) is 0.644. The minimum absolute atomic E-state index is 0.182. The number of sulfonamides is 1. The smallest absolute Gasteiger partial charge is 0.242 e. The van der Waals surface area contributed by atoms with E-state index in [-0.39, 0.29) is 10.9 Å². The molecule has 0 radical (unpaired) electrons. The van der Waals surface area contributed by atoms with Crippen molar-refractivity contribution in [1.29, 1.82) is 0 Å². The van der Waals surface area contributed by atoms with Gasteiger partial charge in [0.05, 0.1) is 0 Å². The van der Waals surface area contributed by atoms with E-state index in [2.05, 4.69) is 19.9 Å². The lowest BCUT2D eigenvalue weighted by atomic mass is 10.3. The average Bonchev–Trinajstić information content (AvgIpc) is 3.28. The third-order valence-electron chi connectivity index (χ3n) is 3.69. The number of rotatable bonds is 7. The van der Waals surface area contributed by atoms with Crippen molar-refractivity contribution in [2.45, 2.75) is 36.7 Å². The Labute approximate surface area is 120 Å². The SMILES string of the molecule is CNc1ccc(S(=O)(=O)NCC(C)N(C)C2CC2)cn1. The maximum atomic E-state index is 12.2. The average molecular weight is 298 g/mol. The fourth-order valence-corrected chi connectivity index (χ4v) is 3.05. The molecule has 20 heavy (non-hydrogen) atoms. The fraction of sp³-hybridized carbons (Fsp3) is 0.615. The molecule has 2 rings (SSSR count). The molecule has 1 atom stereocenters. The summed E-state index contributed by atoms with van der Waals surface area (Å²) < 4.78 is 27.0. The summed E-state index contributed by atoms with van der Waals surface area (Å²) in [4.78, 5) is 6.44. The van der Waals surface area contributed by atoms with Gasteiger partial charge in [0.15, 0.2) is 0 Å². The van der Waals surface area contributed by atoms with Crippen LogP contribution in [0.4, 0.5) is 5.82 Å². The molecule has 6 nitrogen and oxygen atoms in total. The molecule has 0 aromatic carbocycles. The van der Waals surface area contributed by atoms with Gasteiger partial charge in [0.1, 0.15) is 10.7 Å². The third kappa shape index (κ3) is 3.68. The molecule has 2 N–H and O–H groups in total. The number of hydrogen-bond donors (Lipinski definition) is 2. The zero-order valence-corrected chi connectivity index (χ0v) is 12.9. The van der Waals surface area contributed by atoms with Gasteiger partial charge >= 0.3 is 0 Å². The Morgan fingerprint density at radius 3 is 2.65 bits per heavy atom. The monoisotopic (exact) mass is 298 g/mol. The molecule has 1 aliphatic carbocycles. The molecule has 7 heteroatoms. The normalized spacial score (nSPS) is 17.2. The Balaban J connectivity index is 1.95. The molecule has 1 unspecified atom stereocenters. The summed E-state index contributed by atoms with van der Waals surface area (Å²) in [5.41, 5.74) is 0. The number of pyridine rings is 1. The van der Waals surface area contributed by atoms with Crippen molar-refractivity contribution in [2.75, 3.05) is 26.0 Å². The van der Waals surface area contributed by atoms with Crippen LogP contribution in [0.25, 0.3) is 0 Å². The van der Waals surface area contributed by atoms with Crippen molar-refractivity contribution in [3.05, 3.63) is 18.3 Å². The number of anilines is 1. The lowest BCUT2D eigenvalue weighted by molar-refractivity contribution is 0.248. The Hall–Kier alpha value is -1.18. The molecular formula is C13H22N4O2S. The van der Waals surface area contributed by atoms with Gasteiger partial charge < -0.3 is 5.32 Å². The number of likely N-dealkylation sites (N-methyl/N-ethyl adjacent to an activating group) is 1. The number of hydrogen-bond acceptors (Lipinski definition) is 5. The van der Waals surface area contributed by atoms with E-state index in [1.165, 1.54) is 19.0 Å². The summed E-state index contributed by atoms with van der Waals surface area (Å²) in [6, 6.07) is 4.00. The highest BCUT2D eigenvalue weighted by Crippen LogP contribution is 2.26. The topological polar surface area (TPSA) is 74.3 Å². The highest BCUT2D eigenvalue weighted by molar-refractivity contribution is 7.89. The van der Waals surface area contributed by atoms with Gasteiger partial charge in [0, 0.05) is 31.9 Å². The van der Waals surface area contributed by atoms with Gasteiger partial charge in [0.2, 0.25) is 10.0 Å². The summed E-state index contributed by atoms with van der Waals surface area (Å²) in [6.07, 6.45) is 3.79. The zero-order valence-electron chi connectivity index (χ0n) is 12.1. The second-order valence-electron chi connectivity index (χ2n) is 5.23. The first-order valence-electron chi connectivity index (χ1n) is 6.79. The van der Waals surface area contributed by atoms with Gasteiger partial charge in [-0.1, -0.05) is 0 Å². The molecule has 1 aromatic heterocycles. The molecule has 1 aliphatic rings. The van der Waals surface area contributed by atoms with Crippen LogP contribution in [-0.2, 0) is 10.0 Å². The molecule has 0 bridgehead atoms. The van der Waals surface area contributed by atoms with E-state index in [0.717, 1.165) is 0 Å².